The van der Waals surface area contributed by atoms with E-state index in [1.807, 2.05) is 6.92 Å². The van der Waals surface area contributed by atoms with Crippen LogP contribution in [0, 0.1) is 6.92 Å². The fourth-order valence-corrected chi connectivity index (χ4v) is 3.69. The molecule has 0 bridgehead atoms. The molecule has 1 nitrogen and oxygen atoms in total. The van der Waals surface area contributed by atoms with E-state index in [4.69, 9.17) is 11.6 Å². The molecule has 0 spiro atoms. The minimum absolute atomic E-state index is 0.130. The number of hydrogen-bond donors (Lipinski definition) is 1. The Hall–Kier alpha value is -0.350. The van der Waals surface area contributed by atoms with Gasteiger partial charge in [0.1, 0.15) is 0 Å². The molecule has 2 rings (SSSR count). The molecule has 0 fully saturated rings. The summed E-state index contributed by atoms with van der Waals surface area (Å²) in [6.45, 7) is 5.15. The molecule has 21 heavy (non-hydrogen) atoms. The summed E-state index contributed by atoms with van der Waals surface area (Å²) in [7, 11) is 0. The molecule has 0 amide bonds. The van der Waals surface area contributed by atoms with Crippen molar-refractivity contribution in [1.82, 2.24) is 5.32 Å². The second kappa shape index (κ2) is 7.77. The maximum absolute atomic E-state index is 6.30. The highest BCUT2D eigenvalue weighted by Crippen LogP contribution is 2.32. The third kappa shape index (κ3) is 4.32. The fraction of sp³-hybridized carbons (Fsp3) is 0.294. The van der Waals surface area contributed by atoms with Crippen LogP contribution in [-0.2, 0) is 0 Å². The van der Waals surface area contributed by atoms with Gasteiger partial charge in [0, 0.05) is 14.0 Å². The molecule has 0 radical (unpaired) electrons. The third-order valence-corrected chi connectivity index (χ3v) is 4.99. The fourth-order valence-electron chi connectivity index (χ4n) is 2.22. The Morgan fingerprint density at radius 3 is 2.52 bits per heavy atom. The van der Waals surface area contributed by atoms with E-state index in [0.717, 1.165) is 32.5 Å². The van der Waals surface area contributed by atoms with Crippen LogP contribution >= 0.6 is 43.5 Å². The number of aryl methyl sites for hydroxylation is 1. The number of nitrogens with one attached hydrogen (secondary N) is 1. The highest BCUT2D eigenvalue weighted by atomic mass is 79.9. The van der Waals surface area contributed by atoms with E-state index >= 15 is 0 Å². The lowest BCUT2D eigenvalue weighted by Crippen LogP contribution is -2.23. The van der Waals surface area contributed by atoms with Crippen LogP contribution in [0.3, 0.4) is 0 Å². The summed E-state index contributed by atoms with van der Waals surface area (Å²) in [6, 6.07) is 12.7. The van der Waals surface area contributed by atoms with E-state index in [1.54, 1.807) is 0 Å². The van der Waals surface area contributed by atoms with E-state index in [2.05, 4.69) is 80.5 Å². The van der Waals surface area contributed by atoms with Crippen molar-refractivity contribution in [2.45, 2.75) is 26.3 Å². The Balaban J connectivity index is 2.44. The van der Waals surface area contributed by atoms with Crippen molar-refractivity contribution < 1.29 is 0 Å². The lowest BCUT2D eigenvalue weighted by atomic mass is 9.97. The van der Waals surface area contributed by atoms with Crippen molar-refractivity contribution in [2.24, 2.45) is 0 Å². The second-order valence-electron chi connectivity index (χ2n) is 5.06. The molecule has 0 aromatic heterocycles. The van der Waals surface area contributed by atoms with Crippen LogP contribution in [0.15, 0.2) is 45.3 Å². The topological polar surface area (TPSA) is 12.0 Å². The molecule has 0 aliphatic carbocycles. The first-order valence-electron chi connectivity index (χ1n) is 6.97. The average Bonchev–Trinajstić information content (AvgIpc) is 2.44. The lowest BCUT2D eigenvalue weighted by Gasteiger charge is -2.21. The maximum atomic E-state index is 6.30. The predicted molar refractivity (Wildman–Crippen MR) is 98.2 cm³/mol. The zero-order chi connectivity index (χ0) is 15.4. The van der Waals surface area contributed by atoms with Crippen molar-refractivity contribution >= 4 is 43.5 Å². The van der Waals surface area contributed by atoms with Gasteiger partial charge >= 0.3 is 0 Å². The van der Waals surface area contributed by atoms with Gasteiger partial charge in [0.05, 0.1) is 6.04 Å². The van der Waals surface area contributed by atoms with Crippen LogP contribution in [0.2, 0.25) is 5.02 Å². The van der Waals surface area contributed by atoms with Crippen molar-refractivity contribution in [2.75, 3.05) is 6.54 Å². The van der Waals surface area contributed by atoms with Crippen LogP contribution in [0.25, 0.3) is 0 Å². The molecule has 0 heterocycles. The molecule has 2 aromatic rings. The molecule has 2 aromatic carbocycles. The Bertz CT molecular complexity index is 628. The molecule has 112 valence electrons. The van der Waals surface area contributed by atoms with Crippen LogP contribution in [-0.4, -0.2) is 6.54 Å². The quantitative estimate of drug-likeness (QED) is 0.589. The second-order valence-corrected chi connectivity index (χ2v) is 7.24. The van der Waals surface area contributed by atoms with Gasteiger partial charge in [0.2, 0.25) is 0 Å². The highest BCUT2D eigenvalue weighted by molar-refractivity contribution is 9.11. The summed E-state index contributed by atoms with van der Waals surface area (Å²) in [4.78, 5) is 0. The summed E-state index contributed by atoms with van der Waals surface area (Å²) in [5.74, 6) is 0. The first-order chi connectivity index (χ1) is 10.0. The first-order valence-corrected chi connectivity index (χ1v) is 8.93. The van der Waals surface area contributed by atoms with Crippen LogP contribution in [0.5, 0.6) is 0 Å². The number of rotatable bonds is 5. The first kappa shape index (κ1) is 17.0. The highest BCUT2D eigenvalue weighted by Gasteiger charge is 2.17. The van der Waals surface area contributed by atoms with Gasteiger partial charge in [-0.25, -0.2) is 0 Å². The average molecular weight is 432 g/mol. The summed E-state index contributed by atoms with van der Waals surface area (Å²) in [6.07, 6.45) is 1.09. The lowest BCUT2D eigenvalue weighted by molar-refractivity contribution is 0.597. The Morgan fingerprint density at radius 1 is 1.14 bits per heavy atom. The number of benzene rings is 2. The minimum atomic E-state index is 0.130. The van der Waals surface area contributed by atoms with E-state index in [9.17, 15) is 0 Å². The van der Waals surface area contributed by atoms with Gasteiger partial charge in [-0.15, -0.1) is 0 Å². The van der Waals surface area contributed by atoms with Crippen molar-refractivity contribution in [3.8, 4) is 0 Å². The Labute approximate surface area is 148 Å². The third-order valence-electron chi connectivity index (χ3n) is 3.40. The SMILES string of the molecule is CCCNC(c1ccc(C)c(Cl)c1)c1ccc(Br)cc1Br. The molecule has 1 unspecified atom stereocenters. The molecule has 4 heteroatoms. The predicted octanol–water partition coefficient (Wildman–Crippen LogP) is 6.26. The van der Waals surface area contributed by atoms with Crippen molar-refractivity contribution in [3.63, 3.8) is 0 Å². The zero-order valence-corrected chi connectivity index (χ0v) is 16.0. The van der Waals surface area contributed by atoms with Gasteiger partial charge in [-0.2, -0.15) is 0 Å². The summed E-state index contributed by atoms with van der Waals surface area (Å²) in [5, 5.41) is 4.41. The van der Waals surface area contributed by atoms with Crippen molar-refractivity contribution in [3.05, 3.63) is 67.1 Å². The van der Waals surface area contributed by atoms with Crippen LogP contribution < -0.4 is 5.32 Å². The summed E-state index contributed by atoms with van der Waals surface area (Å²) < 4.78 is 2.15. The largest absolute Gasteiger partial charge is 0.306 e. The van der Waals surface area contributed by atoms with Gasteiger partial charge in [-0.3, -0.25) is 0 Å². The monoisotopic (exact) mass is 429 g/mol. The van der Waals surface area contributed by atoms with Gasteiger partial charge in [-0.05, 0) is 54.8 Å². The van der Waals surface area contributed by atoms with E-state index < -0.39 is 0 Å². The Morgan fingerprint density at radius 2 is 1.90 bits per heavy atom. The minimum Gasteiger partial charge on any atom is -0.306 e. The molecule has 1 N–H and O–H groups in total. The molecule has 0 saturated carbocycles. The molecule has 1 atom stereocenters. The van der Waals surface area contributed by atoms with Crippen molar-refractivity contribution in [1.29, 1.82) is 0 Å². The van der Waals surface area contributed by atoms with E-state index in [1.165, 1.54) is 11.1 Å². The van der Waals surface area contributed by atoms with Gasteiger partial charge in [0.25, 0.3) is 0 Å². The summed E-state index contributed by atoms with van der Waals surface area (Å²) >= 11 is 13.5. The van der Waals surface area contributed by atoms with E-state index in [-0.39, 0.29) is 6.04 Å². The molecule has 0 aliphatic rings. The standard InChI is InChI=1S/C17H18Br2ClN/c1-3-8-21-17(12-5-4-11(2)16(20)9-12)14-7-6-13(18)10-15(14)19/h4-7,9-10,17,21H,3,8H2,1-2H3. The Kier molecular flexibility index (Phi) is 6.30. The van der Waals surface area contributed by atoms with Gasteiger partial charge in [0.15, 0.2) is 0 Å². The molecule has 0 saturated heterocycles. The van der Waals surface area contributed by atoms with Gasteiger partial charge in [-0.1, -0.05) is 68.6 Å². The summed E-state index contributed by atoms with van der Waals surface area (Å²) in [5.41, 5.74) is 3.50. The number of halogens is 3. The van der Waals surface area contributed by atoms with Crippen LogP contribution in [0.1, 0.15) is 36.1 Å². The smallest absolute Gasteiger partial charge is 0.0588 e. The number of hydrogen-bond acceptors (Lipinski definition) is 1. The molecular formula is C17H18Br2ClN. The molecule has 0 aliphatic heterocycles. The maximum Gasteiger partial charge on any atom is 0.0588 e. The van der Waals surface area contributed by atoms with E-state index in [0.29, 0.717) is 0 Å². The normalized spacial score (nSPS) is 12.4. The zero-order valence-electron chi connectivity index (χ0n) is 12.1. The molecular weight excluding hydrogens is 413 g/mol. The van der Waals surface area contributed by atoms with Crippen LogP contribution in [0.4, 0.5) is 0 Å². The van der Waals surface area contributed by atoms with Gasteiger partial charge < -0.3 is 5.32 Å².